The molecule has 0 atom stereocenters. The van der Waals surface area contributed by atoms with Gasteiger partial charge >= 0.3 is 0 Å². The molecule has 2 aromatic rings. The number of hydrogen-bond acceptors (Lipinski definition) is 3. The summed E-state index contributed by atoms with van der Waals surface area (Å²) in [5.41, 5.74) is 1.31. The topological polar surface area (TPSA) is 24.1 Å². The SMILES string of the molecule is c1ccc2c(NCC3CCNCC3)csc2c1. The van der Waals surface area contributed by atoms with Gasteiger partial charge in [0.15, 0.2) is 0 Å². The molecule has 0 unspecified atom stereocenters. The molecule has 3 rings (SSSR count). The Labute approximate surface area is 106 Å². The predicted molar refractivity (Wildman–Crippen MR) is 75.9 cm³/mol. The average molecular weight is 246 g/mol. The molecule has 2 nitrogen and oxygen atoms in total. The van der Waals surface area contributed by atoms with Crippen LogP contribution in [-0.2, 0) is 0 Å². The molecular formula is C14H18N2S. The van der Waals surface area contributed by atoms with Crippen LogP contribution in [0.5, 0.6) is 0 Å². The number of piperidine rings is 1. The lowest BCUT2D eigenvalue weighted by molar-refractivity contribution is 0.390. The lowest BCUT2D eigenvalue weighted by Gasteiger charge is -2.23. The second kappa shape index (κ2) is 5.07. The number of rotatable bonds is 3. The van der Waals surface area contributed by atoms with Crippen molar-refractivity contribution in [1.29, 1.82) is 0 Å². The Morgan fingerprint density at radius 1 is 1.24 bits per heavy atom. The van der Waals surface area contributed by atoms with Gasteiger partial charge in [0.05, 0.1) is 5.69 Å². The van der Waals surface area contributed by atoms with Crippen LogP contribution in [0.15, 0.2) is 29.6 Å². The van der Waals surface area contributed by atoms with Crippen molar-refractivity contribution in [2.45, 2.75) is 12.8 Å². The fourth-order valence-corrected chi connectivity index (χ4v) is 3.37. The van der Waals surface area contributed by atoms with Crippen molar-refractivity contribution in [2.24, 2.45) is 5.92 Å². The number of nitrogens with one attached hydrogen (secondary N) is 2. The molecule has 0 radical (unpaired) electrons. The molecule has 1 fully saturated rings. The normalized spacial score (nSPS) is 17.4. The van der Waals surface area contributed by atoms with E-state index in [0.717, 1.165) is 12.5 Å². The van der Waals surface area contributed by atoms with E-state index in [0.29, 0.717) is 0 Å². The van der Waals surface area contributed by atoms with Crippen LogP contribution in [0.2, 0.25) is 0 Å². The highest BCUT2D eigenvalue weighted by Crippen LogP contribution is 2.30. The van der Waals surface area contributed by atoms with Gasteiger partial charge in [0.2, 0.25) is 0 Å². The maximum atomic E-state index is 3.62. The standard InChI is InChI=1S/C14H18N2S/c1-2-4-14-12(3-1)13(10-17-14)16-9-11-5-7-15-8-6-11/h1-4,10-11,15-16H,5-9H2. The second-order valence-electron chi connectivity index (χ2n) is 4.72. The highest BCUT2D eigenvalue weighted by Gasteiger charge is 2.13. The van der Waals surface area contributed by atoms with E-state index in [1.54, 1.807) is 0 Å². The van der Waals surface area contributed by atoms with Crippen LogP contribution in [0.4, 0.5) is 5.69 Å². The smallest absolute Gasteiger partial charge is 0.0529 e. The van der Waals surface area contributed by atoms with Gasteiger partial charge < -0.3 is 10.6 Å². The molecule has 90 valence electrons. The Hall–Kier alpha value is -1.06. The van der Waals surface area contributed by atoms with Crippen LogP contribution < -0.4 is 10.6 Å². The lowest BCUT2D eigenvalue weighted by Crippen LogP contribution is -2.31. The molecule has 2 heterocycles. The molecule has 1 saturated heterocycles. The predicted octanol–water partition coefficient (Wildman–Crippen LogP) is 3.31. The quantitative estimate of drug-likeness (QED) is 0.868. The van der Waals surface area contributed by atoms with Gasteiger partial charge in [-0.15, -0.1) is 11.3 Å². The Kier molecular flexibility index (Phi) is 3.29. The summed E-state index contributed by atoms with van der Waals surface area (Å²) in [6, 6.07) is 8.62. The minimum Gasteiger partial charge on any atom is -0.384 e. The van der Waals surface area contributed by atoms with Gasteiger partial charge in [-0.1, -0.05) is 18.2 Å². The first-order chi connectivity index (χ1) is 8.43. The van der Waals surface area contributed by atoms with E-state index in [4.69, 9.17) is 0 Å². The first kappa shape index (κ1) is 11.1. The van der Waals surface area contributed by atoms with E-state index in [1.165, 1.54) is 41.7 Å². The molecule has 3 heteroatoms. The summed E-state index contributed by atoms with van der Waals surface area (Å²) >= 11 is 1.83. The van der Waals surface area contributed by atoms with Gasteiger partial charge in [0, 0.05) is 22.0 Å². The molecular weight excluding hydrogens is 228 g/mol. The van der Waals surface area contributed by atoms with E-state index in [1.807, 2.05) is 11.3 Å². The molecule has 0 saturated carbocycles. The summed E-state index contributed by atoms with van der Waals surface area (Å²) < 4.78 is 1.38. The van der Waals surface area contributed by atoms with E-state index >= 15 is 0 Å². The largest absolute Gasteiger partial charge is 0.384 e. The van der Waals surface area contributed by atoms with Gasteiger partial charge in [-0.2, -0.15) is 0 Å². The monoisotopic (exact) mass is 246 g/mol. The maximum Gasteiger partial charge on any atom is 0.0529 e. The first-order valence-corrected chi connectivity index (χ1v) is 7.22. The zero-order valence-electron chi connectivity index (χ0n) is 9.91. The average Bonchev–Trinajstić information content (AvgIpc) is 2.81. The van der Waals surface area contributed by atoms with Crippen molar-refractivity contribution in [3.8, 4) is 0 Å². The van der Waals surface area contributed by atoms with Crippen LogP contribution in [0, 0.1) is 5.92 Å². The van der Waals surface area contributed by atoms with Crippen LogP contribution in [0.1, 0.15) is 12.8 Å². The summed E-state index contributed by atoms with van der Waals surface area (Å²) in [5.74, 6) is 0.829. The number of fused-ring (bicyclic) bond motifs is 1. The molecule has 0 spiro atoms. The number of benzene rings is 1. The number of anilines is 1. The molecule has 0 aliphatic carbocycles. The lowest BCUT2D eigenvalue weighted by atomic mass is 9.98. The van der Waals surface area contributed by atoms with Crippen molar-refractivity contribution >= 4 is 27.1 Å². The summed E-state index contributed by atoms with van der Waals surface area (Å²) in [5, 5.41) is 10.6. The van der Waals surface area contributed by atoms with Crippen LogP contribution in [0.25, 0.3) is 10.1 Å². The fourth-order valence-electron chi connectivity index (χ4n) is 2.45. The summed E-state index contributed by atoms with van der Waals surface area (Å²) in [7, 11) is 0. The highest BCUT2D eigenvalue weighted by atomic mass is 32.1. The van der Waals surface area contributed by atoms with Crippen molar-refractivity contribution in [1.82, 2.24) is 5.32 Å². The molecule has 17 heavy (non-hydrogen) atoms. The van der Waals surface area contributed by atoms with Crippen molar-refractivity contribution in [2.75, 3.05) is 25.0 Å². The zero-order valence-corrected chi connectivity index (χ0v) is 10.7. The molecule has 0 amide bonds. The highest BCUT2D eigenvalue weighted by molar-refractivity contribution is 7.17. The Bertz CT molecular complexity index is 486. The third-order valence-electron chi connectivity index (χ3n) is 3.52. The van der Waals surface area contributed by atoms with Crippen molar-refractivity contribution in [3.63, 3.8) is 0 Å². The minimum atomic E-state index is 0.829. The van der Waals surface area contributed by atoms with E-state index in [-0.39, 0.29) is 0 Å². The molecule has 1 aromatic heterocycles. The minimum absolute atomic E-state index is 0.829. The second-order valence-corrected chi connectivity index (χ2v) is 5.63. The van der Waals surface area contributed by atoms with Gasteiger partial charge in [0.1, 0.15) is 0 Å². The zero-order chi connectivity index (χ0) is 11.5. The molecule has 0 bridgehead atoms. The van der Waals surface area contributed by atoms with Crippen molar-refractivity contribution < 1.29 is 0 Å². The molecule has 2 N–H and O–H groups in total. The van der Waals surface area contributed by atoms with E-state index in [9.17, 15) is 0 Å². The molecule has 1 aliphatic heterocycles. The van der Waals surface area contributed by atoms with Crippen LogP contribution in [0.3, 0.4) is 0 Å². The third kappa shape index (κ3) is 2.45. The van der Waals surface area contributed by atoms with Gasteiger partial charge in [-0.05, 0) is 37.9 Å². The maximum absolute atomic E-state index is 3.62. The summed E-state index contributed by atoms with van der Waals surface area (Å²) in [6.45, 7) is 3.47. The van der Waals surface area contributed by atoms with Crippen LogP contribution in [-0.4, -0.2) is 19.6 Å². The van der Waals surface area contributed by atoms with E-state index in [2.05, 4.69) is 40.3 Å². The summed E-state index contributed by atoms with van der Waals surface area (Å²) in [6.07, 6.45) is 2.60. The summed E-state index contributed by atoms with van der Waals surface area (Å²) in [4.78, 5) is 0. The van der Waals surface area contributed by atoms with Crippen molar-refractivity contribution in [3.05, 3.63) is 29.6 Å². The van der Waals surface area contributed by atoms with E-state index < -0.39 is 0 Å². The number of thiophene rings is 1. The Morgan fingerprint density at radius 3 is 2.94 bits per heavy atom. The van der Waals surface area contributed by atoms with Gasteiger partial charge in [0.25, 0.3) is 0 Å². The Balaban J connectivity index is 1.68. The molecule has 1 aromatic carbocycles. The molecule has 1 aliphatic rings. The Morgan fingerprint density at radius 2 is 2.06 bits per heavy atom. The number of hydrogen-bond donors (Lipinski definition) is 2. The first-order valence-electron chi connectivity index (χ1n) is 6.34. The van der Waals surface area contributed by atoms with Crippen LogP contribution >= 0.6 is 11.3 Å². The van der Waals surface area contributed by atoms with Gasteiger partial charge in [-0.25, -0.2) is 0 Å². The third-order valence-corrected chi connectivity index (χ3v) is 4.48. The van der Waals surface area contributed by atoms with Gasteiger partial charge in [-0.3, -0.25) is 0 Å². The fraction of sp³-hybridized carbons (Fsp3) is 0.429.